The molecule has 3 heterocycles. The van der Waals surface area contributed by atoms with Crippen LogP contribution in [0.15, 0.2) is 46.2 Å². The normalized spacial score (nSPS) is 27.6. The number of rotatable bonds is 4. The quantitative estimate of drug-likeness (QED) is 0.658. The smallest absolute Gasteiger partial charge is 0.295 e. The van der Waals surface area contributed by atoms with Crippen molar-refractivity contribution in [2.45, 2.75) is 71.4 Å². The van der Waals surface area contributed by atoms with Crippen LogP contribution in [-0.4, -0.2) is 23.0 Å². The van der Waals surface area contributed by atoms with E-state index in [1.807, 2.05) is 12.1 Å². The van der Waals surface area contributed by atoms with Crippen molar-refractivity contribution in [3.63, 3.8) is 0 Å². The fraction of sp³-hybridized carbons (Fsp3) is 0.500. The van der Waals surface area contributed by atoms with Crippen molar-refractivity contribution in [2.75, 3.05) is 4.90 Å². The lowest BCUT2D eigenvalue weighted by molar-refractivity contribution is -0.132. The Hall–Kier alpha value is -2.89. The SMILES string of the molecule is CCC1CCC2OC3=C(C(=O)C2C1)C(c1ccc(C(C)C)cc1)N(c1cc(C)on1)C3=O. The van der Waals surface area contributed by atoms with Crippen LogP contribution in [0.25, 0.3) is 0 Å². The first-order valence-corrected chi connectivity index (χ1v) is 11.7. The van der Waals surface area contributed by atoms with Gasteiger partial charge in [0, 0.05) is 6.07 Å². The Morgan fingerprint density at radius 1 is 1.16 bits per heavy atom. The first-order valence-electron chi connectivity index (χ1n) is 11.7. The third-order valence-electron chi connectivity index (χ3n) is 7.31. The molecule has 0 radical (unpaired) electrons. The molecule has 3 aliphatic rings. The molecule has 1 aromatic carbocycles. The molecule has 0 spiro atoms. The van der Waals surface area contributed by atoms with Gasteiger partial charge in [0.1, 0.15) is 11.9 Å². The predicted molar refractivity (Wildman–Crippen MR) is 120 cm³/mol. The molecule has 6 heteroatoms. The topological polar surface area (TPSA) is 72.6 Å². The number of anilines is 1. The first kappa shape index (κ1) is 21.0. The number of Topliss-reactive ketones (excluding diaryl/α,β-unsaturated/α-hetero) is 1. The highest BCUT2D eigenvalue weighted by Gasteiger charge is 2.53. The lowest BCUT2D eigenvalue weighted by Gasteiger charge is -2.38. The summed E-state index contributed by atoms with van der Waals surface area (Å²) >= 11 is 0. The number of hydrogen-bond acceptors (Lipinski definition) is 5. The molecule has 0 N–H and O–H groups in total. The average Bonchev–Trinajstić information content (AvgIpc) is 3.34. The van der Waals surface area contributed by atoms with Gasteiger partial charge in [-0.25, -0.2) is 0 Å². The van der Waals surface area contributed by atoms with Gasteiger partial charge in [-0.1, -0.05) is 56.6 Å². The first-order chi connectivity index (χ1) is 15.4. The molecule has 5 rings (SSSR count). The van der Waals surface area contributed by atoms with E-state index in [0.717, 1.165) is 31.2 Å². The zero-order valence-corrected chi connectivity index (χ0v) is 19.1. The molecule has 168 valence electrons. The summed E-state index contributed by atoms with van der Waals surface area (Å²) in [6, 6.07) is 9.34. The number of fused-ring (bicyclic) bond motifs is 1. The Balaban J connectivity index is 1.60. The molecule has 1 saturated carbocycles. The van der Waals surface area contributed by atoms with Crippen molar-refractivity contribution >= 4 is 17.5 Å². The van der Waals surface area contributed by atoms with Gasteiger partial charge in [-0.15, -0.1) is 0 Å². The monoisotopic (exact) mass is 434 g/mol. The zero-order valence-electron chi connectivity index (χ0n) is 19.1. The lowest BCUT2D eigenvalue weighted by Crippen LogP contribution is -2.41. The number of nitrogens with zero attached hydrogens (tertiary/aromatic N) is 2. The average molecular weight is 435 g/mol. The van der Waals surface area contributed by atoms with Crippen LogP contribution in [0.1, 0.15) is 75.3 Å². The van der Waals surface area contributed by atoms with Crippen LogP contribution >= 0.6 is 0 Å². The van der Waals surface area contributed by atoms with E-state index in [9.17, 15) is 9.59 Å². The van der Waals surface area contributed by atoms with E-state index in [0.29, 0.717) is 29.0 Å². The molecular formula is C26H30N2O4. The molecule has 2 aliphatic heterocycles. The summed E-state index contributed by atoms with van der Waals surface area (Å²) in [5.41, 5.74) is 2.57. The largest absolute Gasteiger partial charge is 0.483 e. The second-order valence-electron chi connectivity index (χ2n) is 9.65. The number of amides is 1. The van der Waals surface area contributed by atoms with Gasteiger partial charge < -0.3 is 9.26 Å². The van der Waals surface area contributed by atoms with E-state index in [2.05, 4.69) is 38.1 Å². The van der Waals surface area contributed by atoms with Crippen molar-refractivity contribution in [2.24, 2.45) is 11.8 Å². The van der Waals surface area contributed by atoms with E-state index in [1.54, 1.807) is 17.9 Å². The second kappa shape index (κ2) is 7.91. The van der Waals surface area contributed by atoms with Crippen LogP contribution in [0.4, 0.5) is 5.82 Å². The Kier molecular flexibility index (Phi) is 5.19. The Morgan fingerprint density at radius 3 is 2.53 bits per heavy atom. The molecule has 6 nitrogen and oxygen atoms in total. The van der Waals surface area contributed by atoms with Gasteiger partial charge in [0.2, 0.25) is 0 Å². The fourth-order valence-corrected chi connectivity index (χ4v) is 5.41. The minimum atomic E-state index is -0.557. The van der Waals surface area contributed by atoms with Crippen molar-refractivity contribution in [3.05, 3.63) is 58.6 Å². The zero-order chi connectivity index (χ0) is 22.6. The molecule has 1 aliphatic carbocycles. The molecule has 1 fully saturated rings. The van der Waals surface area contributed by atoms with Crippen LogP contribution in [0.5, 0.6) is 0 Å². The minimum Gasteiger partial charge on any atom is -0.483 e. The van der Waals surface area contributed by atoms with E-state index in [4.69, 9.17) is 9.26 Å². The van der Waals surface area contributed by atoms with Crippen LogP contribution in [0, 0.1) is 18.8 Å². The molecule has 0 saturated heterocycles. The van der Waals surface area contributed by atoms with Gasteiger partial charge in [0.05, 0.1) is 17.5 Å². The Bertz CT molecular complexity index is 1080. The number of ether oxygens (including phenoxy) is 1. The maximum absolute atomic E-state index is 13.8. The molecule has 2 aromatic rings. The minimum absolute atomic E-state index is 0.0587. The highest BCUT2D eigenvalue weighted by atomic mass is 16.5. The summed E-state index contributed by atoms with van der Waals surface area (Å²) in [7, 11) is 0. The molecule has 1 aromatic heterocycles. The number of aromatic nitrogens is 1. The Labute approximate surface area is 188 Å². The highest BCUT2D eigenvalue weighted by molar-refractivity contribution is 6.17. The lowest BCUT2D eigenvalue weighted by atomic mass is 9.73. The molecule has 1 amide bonds. The summed E-state index contributed by atoms with van der Waals surface area (Å²) in [5.74, 6) is 1.71. The fourth-order valence-electron chi connectivity index (χ4n) is 5.41. The second-order valence-corrected chi connectivity index (χ2v) is 9.65. The van der Waals surface area contributed by atoms with Gasteiger partial charge in [-0.05, 0) is 49.1 Å². The van der Waals surface area contributed by atoms with E-state index < -0.39 is 6.04 Å². The van der Waals surface area contributed by atoms with Crippen molar-refractivity contribution in [3.8, 4) is 0 Å². The van der Waals surface area contributed by atoms with Crippen molar-refractivity contribution in [1.29, 1.82) is 0 Å². The third-order valence-corrected chi connectivity index (χ3v) is 7.31. The maximum Gasteiger partial charge on any atom is 0.295 e. The summed E-state index contributed by atoms with van der Waals surface area (Å²) in [6.07, 6.45) is 3.53. The van der Waals surface area contributed by atoms with E-state index in [1.165, 1.54) is 5.56 Å². The summed E-state index contributed by atoms with van der Waals surface area (Å²) in [4.78, 5) is 29.0. The van der Waals surface area contributed by atoms with Crippen molar-refractivity contribution in [1.82, 2.24) is 5.16 Å². The number of aryl methyl sites for hydroxylation is 1. The van der Waals surface area contributed by atoms with Gasteiger partial charge >= 0.3 is 0 Å². The van der Waals surface area contributed by atoms with Crippen LogP contribution in [0.2, 0.25) is 0 Å². The molecule has 4 unspecified atom stereocenters. The molecule has 0 bridgehead atoms. The summed E-state index contributed by atoms with van der Waals surface area (Å²) in [6.45, 7) is 8.25. The number of benzene rings is 1. The maximum atomic E-state index is 13.8. The van der Waals surface area contributed by atoms with Gasteiger partial charge in [-0.2, -0.15) is 0 Å². The number of carbonyl (C=O) groups is 2. The van der Waals surface area contributed by atoms with E-state index in [-0.39, 0.29) is 29.5 Å². The van der Waals surface area contributed by atoms with Crippen LogP contribution < -0.4 is 4.90 Å². The van der Waals surface area contributed by atoms with E-state index >= 15 is 0 Å². The van der Waals surface area contributed by atoms with Gasteiger partial charge in [-0.3, -0.25) is 14.5 Å². The number of carbonyl (C=O) groups excluding carboxylic acids is 2. The van der Waals surface area contributed by atoms with Crippen LogP contribution in [-0.2, 0) is 14.3 Å². The molecule has 32 heavy (non-hydrogen) atoms. The molecule has 4 atom stereocenters. The van der Waals surface area contributed by atoms with Crippen molar-refractivity contribution < 1.29 is 18.8 Å². The Morgan fingerprint density at radius 2 is 1.91 bits per heavy atom. The number of ketones is 1. The highest BCUT2D eigenvalue weighted by Crippen LogP contribution is 2.49. The van der Waals surface area contributed by atoms with Crippen LogP contribution in [0.3, 0.4) is 0 Å². The third kappa shape index (κ3) is 3.28. The van der Waals surface area contributed by atoms with Gasteiger partial charge in [0.15, 0.2) is 17.4 Å². The predicted octanol–water partition coefficient (Wildman–Crippen LogP) is 5.24. The standard InChI is InChI=1S/C26H30N2O4/c1-5-16-6-11-20-19(13-16)24(29)22-23(18-9-7-17(8-10-18)14(2)3)28(26(30)25(22)31-20)21-12-15(4)32-27-21/h7-10,12,14,16,19-20,23H,5-6,11,13H2,1-4H3. The summed E-state index contributed by atoms with van der Waals surface area (Å²) < 4.78 is 11.5. The van der Waals surface area contributed by atoms with Gasteiger partial charge in [0.25, 0.3) is 5.91 Å². The molecular weight excluding hydrogens is 404 g/mol. The summed E-state index contributed by atoms with van der Waals surface area (Å²) in [5, 5.41) is 4.11. The number of hydrogen-bond donors (Lipinski definition) is 0.